The first-order valence-electron chi connectivity index (χ1n) is 7.47. The highest BCUT2D eigenvalue weighted by atomic mass is 79.9. The number of carbonyl (C=O) groups excluding carboxylic acids is 2. The maximum atomic E-state index is 12.6. The third kappa shape index (κ3) is 2.76. The second-order valence-electron chi connectivity index (χ2n) is 5.53. The zero-order valence-electron chi connectivity index (χ0n) is 13.1. The summed E-state index contributed by atoms with van der Waals surface area (Å²) >= 11 is 3.39. The quantitative estimate of drug-likeness (QED) is 0.658. The third-order valence-corrected chi connectivity index (χ3v) is 4.48. The minimum Gasteiger partial charge on any atom is -0.454 e. The number of amides is 1. The molecule has 1 aliphatic rings. The molecule has 0 saturated heterocycles. The van der Waals surface area contributed by atoms with Crippen LogP contribution in [-0.2, 0) is 0 Å². The van der Waals surface area contributed by atoms with E-state index in [1.807, 2.05) is 18.2 Å². The van der Waals surface area contributed by atoms with Crippen molar-refractivity contribution in [1.82, 2.24) is 0 Å². The molecule has 25 heavy (non-hydrogen) atoms. The zero-order valence-corrected chi connectivity index (χ0v) is 14.7. The Bertz CT molecular complexity index is 1020. The molecule has 1 aliphatic heterocycles. The van der Waals surface area contributed by atoms with E-state index in [1.165, 1.54) is 6.92 Å². The van der Waals surface area contributed by atoms with E-state index in [9.17, 15) is 9.59 Å². The van der Waals surface area contributed by atoms with E-state index in [4.69, 9.17) is 13.9 Å². The van der Waals surface area contributed by atoms with Gasteiger partial charge < -0.3 is 19.2 Å². The molecule has 0 bridgehead atoms. The van der Waals surface area contributed by atoms with Crippen molar-refractivity contribution in [3.05, 3.63) is 52.2 Å². The third-order valence-electron chi connectivity index (χ3n) is 3.86. The molecule has 1 N–H and O–H groups in total. The number of ketones is 1. The van der Waals surface area contributed by atoms with E-state index in [-0.39, 0.29) is 18.3 Å². The fourth-order valence-corrected chi connectivity index (χ4v) is 3.12. The van der Waals surface area contributed by atoms with Gasteiger partial charge in [0.05, 0.1) is 10.2 Å². The van der Waals surface area contributed by atoms with Crippen LogP contribution < -0.4 is 14.8 Å². The predicted molar refractivity (Wildman–Crippen MR) is 94.4 cm³/mol. The van der Waals surface area contributed by atoms with Gasteiger partial charge in [0.2, 0.25) is 6.79 Å². The molecule has 0 unspecified atom stereocenters. The topological polar surface area (TPSA) is 77.8 Å². The number of Topliss-reactive ketones (excluding diaryl/α,β-unsaturated/α-hetero) is 1. The van der Waals surface area contributed by atoms with Crippen LogP contribution in [0.5, 0.6) is 11.5 Å². The molecule has 0 fully saturated rings. The molecule has 4 rings (SSSR count). The molecule has 0 spiro atoms. The average Bonchev–Trinajstić information content (AvgIpc) is 3.20. The monoisotopic (exact) mass is 401 g/mol. The maximum absolute atomic E-state index is 12.6. The van der Waals surface area contributed by atoms with E-state index in [2.05, 4.69) is 21.2 Å². The lowest BCUT2D eigenvalue weighted by Crippen LogP contribution is -2.13. The highest BCUT2D eigenvalue weighted by Crippen LogP contribution is 2.37. The predicted octanol–water partition coefficient (Wildman–Crippen LogP) is 4.38. The van der Waals surface area contributed by atoms with Gasteiger partial charge >= 0.3 is 0 Å². The van der Waals surface area contributed by atoms with Gasteiger partial charge in [-0.2, -0.15) is 0 Å². The number of hydrogen-bond acceptors (Lipinski definition) is 5. The number of nitrogens with one attached hydrogen (secondary N) is 1. The van der Waals surface area contributed by atoms with Crippen LogP contribution in [0.4, 0.5) is 5.69 Å². The first-order chi connectivity index (χ1) is 12.0. The van der Waals surface area contributed by atoms with E-state index in [0.29, 0.717) is 28.3 Å². The molecule has 0 radical (unpaired) electrons. The van der Waals surface area contributed by atoms with Crippen LogP contribution in [0.3, 0.4) is 0 Å². The lowest BCUT2D eigenvalue weighted by Gasteiger charge is -2.09. The Hall–Kier alpha value is -2.80. The summed E-state index contributed by atoms with van der Waals surface area (Å²) in [6.45, 7) is 1.51. The number of carbonyl (C=O) groups is 2. The molecule has 0 aliphatic carbocycles. The number of halogens is 1. The number of ether oxygens (including phenoxy) is 2. The molecular formula is C18H12BrNO5. The highest BCUT2D eigenvalue weighted by Gasteiger charge is 2.22. The Balaban J connectivity index is 1.70. The smallest absolute Gasteiger partial charge is 0.291 e. The number of hydrogen-bond donors (Lipinski definition) is 1. The van der Waals surface area contributed by atoms with E-state index >= 15 is 0 Å². The standard InChI is InChI=1S/C18H12BrNO5/c1-9(21)11-6-14-15(24-8-23-14)7-13(11)20-18(22)16-5-10-3-2-4-12(19)17(10)25-16/h2-7H,8H2,1H3,(H,20,22). The number of fused-ring (bicyclic) bond motifs is 2. The molecule has 3 aromatic rings. The molecule has 1 amide bonds. The molecule has 6 nitrogen and oxygen atoms in total. The van der Waals surface area contributed by atoms with Crippen LogP contribution in [0.25, 0.3) is 11.0 Å². The van der Waals surface area contributed by atoms with Gasteiger partial charge in [-0.15, -0.1) is 0 Å². The summed E-state index contributed by atoms with van der Waals surface area (Å²) in [4.78, 5) is 24.5. The van der Waals surface area contributed by atoms with Crippen LogP contribution in [0.15, 0.2) is 45.3 Å². The average molecular weight is 402 g/mol. The Kier molecular flexibility index (Phi) is 3.73. The molecule has 7 heteroatoms. The summed E-state index contributed by atoms with van der Waals surface area (Å²) in [6, 6.07) is 10.3. The normalized spacial score (nSPS) is 12.4. The summed E-state index contributed by atoms with van der Waals surface area (Å²) in [5.41, 5.74) is 1.28. The summed E-state index contributed by atoms with van der Waals surface area (Å²) in [5.74, 6) is 0.461. The van der Waals surface area contributed by atoms with Gasteiger partial charge in [0, 0.05) is 17.0 Å². The van der Waals surface area contributed by atoms with Gasteiger partial charge in [0.1, 0.15) is 5.58 Å². The van der Waals surface area contributed by atoms with Crippen molar-refractivity contribution in [3.63, 3.8) is 0 Å². The largest absolute Gasteiger partial charge is 0.454 e. The zero-order chi connectivity index (χ0) is 17.6. The van der Waals surface area contributed by atoms with E-state index < -0.39 is 5.91 Å². The van der Waals surface area contributed by atoms with Gasteiger partial charge in [-0.05, 0) is 41.1 Å². The van der Waals surface area contributed by atoms with Crippen LogP contribution in [0.1, 0.15) is 27.8 Å². The van der Waals surface area contributed by atoms with Gasteiger partial charge in [0.25, 0.3) is 5.91 Å². The molecule has 0 saturated carbocycles. The van der Waals surface area contributed by atoms with E-state index in [1.54, 1.807) is 18.2 Å². The van der Waals surface area contributed by atoms with Crippen molar-refractivity contribution in [2.75, 3.05) is 12.1 Å². The fraction of sp³-hybridized carbons (Fsp3) is 0.111. The Morgan fingerprint density at radius 3 is 2.60 bits per heavy atom. The Morgan fingerprint density at radius 2 is 1.88 bits per heavy atom. The van der Waals surface area contributed by atoms with Crippen molar-refractivity contribution >= 4 is 44.3 Å². The highest BCUT2D eigenvalue weighted by molar-refractivity contribution is 9.10. The van der Waals surface area contributed by atoms with Gasteiger partial charge in [-0.1, -0.05) is 12.1 Å². The van der Waals surface area contributed by atoms with Crippen LogP contribution >= 0.6 is 15.9 Å². The number of anilines is 1. The van der Waals surface area contributed by atoms with Crippen molar-refractivity contribution in [2.45, 2.75) is 6.92 Å². The van der Waals surface area contributed by atoms with Crippen molar-refractivity contribution in [2.24, 2.45) is 0 Å². The van der Waals surface area contributed by atoms with Crippen LogP contribution in [0, 0.1) is 0 Å². The first kappa shape index (κ1) is 15.7. The number of furan rings is 1. The number of rotatable bonds is 3. The minimum atomic E-state index is -0.454. The van der Waals surface area contributed by atoms with E-state index in [0.717, 1.165) is 9.86 Å². The fourth-order valence-electron chi connectivity index (χ4n) is 2.66. The second-order valence-corrected chi connectivity index (χ2v) is 6.38. The van der Waals surface area contributed by atoms with Gasteiger partial charge in [-0.25, -0.2) is 0 Å². The molecule has 0 atom stereocenters. The SMILES string of the molecule is CC(=O)c1cc2c(cc1NC(=O)c1cc3cccc(Br)c3o1)OCO2. The van der Waals surface area contributed by atoms with Gasteiger partial charge in [-0.3, -0.25) is 9.59 Å². The molecule has 1 aromatic heterocycles. The van der Waals surface area contributed by atoms with Crippen molar-refractivity contribution < 1.29 is 23.5 Å². The second kappa shape index (κ2) is 5.93. The van der Waals surface area contributed by atoms with Crippen LogP contribution in [-0.4, -0.2) is 18.5 Å². The Morgan fingerprint density at radius 1 is 1.12 bits per heavy atom. The van der Waals surface area contributed by atoms with Crippen molar-refractivity contribution in [1.29, 1.82) is 0 Å². The van der Waals surface area contributed by atoms with Crippen molar-refractivity contribution in [3.8, 4) is 11.5 Å². The first-order valence-corrected chi connectivity index (χ1v) is 8.26. The molecular weight excluding hydrogens is 390 g/mol. The summed E-state index contributed by atoms with van der Waals surface area (Å²) in [5, 5.41) is 3.52. The number of para-hydroxylation sites is 1. The van der Waals surface area contributed by atoms with Crippen LogP contribution in [0.2, 0.25) is 0 Å². The maximum Gasteiger partial charge on any atom is 0.291 e. The summed E-state index contributed by atoms with van der Waals surface area (Å²) < 4.78 is 17.0. The molecule has 2 heterocycles. The lowest BCUT2D eigenvalue weighted by atomic mass is 10.1. The summed E-state index contributed by atoms with van der Waals surface area (Å²) in [7, 11) is 0. The van der Waals surface area contributed by atoms with Gasteiger partial charge in [0.15, 0.2) is 23.0 Å². The Labute approximate surface area is 150 Å². The molecule has 126 valence electrons. The molecule has 2 aromatic carbocycles. The number of benzene rings is 2. The minimum absolute atomic E-state index is 0.0850. The lowest BCUT2D eigenvalue weighted by molar-refractivity contribution is 0.0998. The summed E-state index contributed by atoms with van der Waals surface area (Å²) in [6.07, 6.45) is 0.